The summed E-state index contributed by atoms with van der Waals surface area (Å²) < 4.78 is 63.4. The number of nitrogens with one attached hydrogen (secondary N) is 2. The zero-order chi connectivity index (χ0) is 19.9. The fraction of sp³-hybridized carbons (Fsp3) is 0.412. The third-order valence-corrected chi connectivity index (χ3v) is 6.14. The molecule has 1 aliphatic rings. The summed E-state index contributed by atoms with van der Waals surface area (Å²) in [5, 5.41) is 2.68. The van der Waals surface area contributed by atoms with Gasteiger partial charge < -0.3 is 9.88 Å². The zero-order valence-corrected chi connectivity index (χ0v) is 15.5. The number of piperidine rings is 1. The van der Waals surface area contributed by atoms with Gasteiger partial charge in [0.1, 0.15) is 5.65 Å². The lowest BCUT2D eigenvalue weighted by molar-refractivity contribution is -0.106. The maximum atomic E-state index is 12.5. The fourth-order valence-electron chi connectivity index (χ4n) is 3.70. The first-order chi connectivity index (χ1) is 13.2. The van der Waals surface area contributed by atoms with Gasteiger partial charge in [-0.05, 0) is 18.9 Å². The number of pyridine rings is 2. The van der Waals surface area contributed by atoms with Crippen molar-refractivity contribution in [3.05, 3.63) is 30.9 Å². The van der Waals surface area contributed by atoms with Crippen LogP contribution in [0, 0.1) is 0 Å². The highest BCUT2D eigenvalue weighted by Crippen LogP contribution is 2.33. The van der Waals surface area contributed by atoms with E-state index in [-0.39, 0.29) is 6.54 Å². The molecule has 3 aromatic heterocycles. The lowest BCUT2D eigenvalue weighted by Gasteiger charge is -2.35. The highest BCUT2D eigenvalue weighted by atomic mass is 32.2. The number of halogens is 3. The number of alkyl halides is 3. The van der Waals surface area contributed by atoms with Crippen molar-refractivity contribution in [1.82, 2.24) is 19.7 Å². The van der Waals surface area contributed by atoms with Crippen molar-refractivity contribution in [2.45, 2.75) is 25.1 Å². The number of rotatable bonds is 4. The monoisotopic (exact) mass is 413 g/mol. The Balaban J connectivity index is 1.63. The number of aromatic nitrogens is 3. The largest absolute Gasteiger partial charge is 0.404 e. The summed E-state index contributed by atoms with van der Waals surface area (Å²) in [6.45, 7) is 0.929. The van der Waals surface area contributed by atoms with Gasteiger partial charge in [0, 0.05) is 53.9 Å². The van der Waals surface area contributed by atoms with Crippen molar-refractivity contribution in [3.63, 3.8) is 0 Å². The Morgan fingerprint density at radius 3 is 2.89 bits per heavy atom. The summed E-state index contributed by atoms with van der Waals surface area (Å²) in [7, 11) is -4.45. The van der Waals surface area contributed by atoms with Gasteiger partial charge in [-0.25, -0.2) is 18.1 Å². The van der Waals surface area contributed by atoms with E-state index in [1.165, 1.54) is 0 Å². The minimum absolute atomic E-state index is 0.270. The molecule has 0 radical (unpaired) electrons. The van der Waals surface area contributed by atoms with E-state index in [1.54, 1.807) is 24.8 Å². The second kappa shape index (κ2) is 6.89. The van der Waals surface area contributed by atoms with Crippen molar-refractivity contribution in [2.75, 3.05) is 23.7 Å². The second-order valence-electron chi connectivity index (χ2n) is 6.90. The summed E-state index contributed by atoms with van der Waals surface area (Å²) in [5.74, 6) is -1.87. The molecule has 4 rings (SSSR count). The molecule has 0 aliphatic carbocycles. The highest BCUT2D eigenvalue weighted by molar-refractivity contribution is 7.89. The third-order valence-electron chi connectivity index (χ3n) is 4.74. The van der Waals surface area contributed by atoms with Crippen LogP contribution < -0.4 is 9.62 Å². The van der Waals surface area contributed by atoms with E-state index < -0.39 is 28.0 Å². The number of sulfonamides is 1. The van der Waals surface area contributed by atoms with Crippen LogP contribution in [-0.2, 0) is 10.0 Å². The number of fused-ring (bicyclic) bond motifs is 3. The fourth-order valence-corrected chi connectivity index (χ4v) is 4.92. The molecular weight excluding hydrogens is 395 g/mol. The number of aromatic amines is 1. The van der Waals surface area contributed by atoms with Crippen molar-refractivity contribution in [1.29, 1.82) is 0 Å². The number of hydrogen-bond acceptors (Lipinski definition) is 5. The normalized spacial score (nSPS) is 18.8. The minimum atomic E-state index is -4.77. The topological polar surface area (TPSA) is 91.0 Å². The SMILES string of the molecule is O=S(=O)(CC(F)(F)F)NC1CCCN(c2cncc3cnc4[nH]ccc4c23)C1. The predicted octanol–water partition coefficient (Wildman–Crippen LogP) is 2.56. The number of nitrogens with zero attached hydrogens (tertiary/aromatic N) is 3. The molecule has 150 valence electrons. The van der Waals surface area contributed by atoms with Gasteiger partial charge in [-0.1, -0.05) is 0 Å². The molecule has 0 bridgehead atoms. The minimum Gasteiger partial charge on any atom is -0.368 e. The van der Waals surface area contributed by atoms with Crippen LogP contribution in [0.1, 0.15) is 12.8 Å². The van der Waals surface area contributed by atoms with Crippen LogP contribution in [0.2, 0.25) is 0 Å². The Morgan fingerprint density at radius 2 is 2.11 bits per heavy atom. The van der Waals surface area contributed by atoms with Gasteiger partial charge in [-0.2, -0.15) is 13.2 Å². The van der Waals surface area contributed by atoms with Crippen molar-refractivity contribution >= 4 is 37.5 Å². The van der Waals surface area contributed by atoms with E-state index in [9.17, 15) is 21.6 Å². The molecule has 4 heterocycles. The molecule has 3 aromatic rings. The van der Waals surface area contributed by atoms with E-state index in [2.05, 4.69) is 19.7 Å². The van der Waals surface area contributed by atoms with Crippen LogP contribution in [0.3, 0.4) is 0 Å². The highest BCUT2D eigenvalue weighted by Gasteiger charge is 2.36. The Kier molecular flexibility index (Phi) is 4.66. The van der Waals surface area contributed by atoms with E-state index >= 15 is 0 Å². The molecule has 11 heteroatoms. The van der Waals surface area contributed by atoms with Crippen LogP contribution >= 0.6 is 0 Å². The van der Waals surface area contributed by atoms with Gasteiger partial charge in [0.15, 0.2) is 5.75 Å². The maximum absolute atomic E-state index is 12.5. The molecule has 1 saturated heterocycles. The lowest BCUT2D eigenvalue weighted by atomic mass is 10.0. The number of hydrogen-bond donors (Lipinski definition) is 2. The summed E-state index contributed by atoms with van der Waals surface area (Å²) in [6.07, 6.45) is 3.24. The van der Waals surface area contributed by atoms with E-state index in [4.69, 9.17) is 0 Å². The Labute approximate surface area is 159 Å². The molecule has 1 aliphatic heterocycles. The van der Waals surface area contributed by atoms with Gasteiger partial charge in [-0.15, -0.1) is 0 Å². The Hall–Kier alpha value is -2.40. The first-order valence-corrected chi connectivity index (χ1v) is 10.4. The average molecular weight is 413 g/mol. The molecule has 28 heavy (non-hydrogen) atoms. The van der Waals surface area contributed by atoms with Gasteiger partial charge >= 0.3 is 6.18 Å². The second-order valence-corrected chi connectivity index (χ2v) is 8.65. The molecule has 0 aromatic carbocycles. The van der Waals surface area contributed by atoms with Crippen LogP contribution in [0.25, 0.3) is 21.8 Å². The van der Waals surface area contributed by atoms with Crippen LogP contribution in [0.4, 0.5) is 18.9 Å². The standard InChI is InChI=1S/C17H18F3N5O2S/c18-17(19,20)10-28(26,27)24-12-2-1-5-25(9-12)14-8-21-6-11-7-23-16-13(15(11)14)3-4-22-16/h3-4,6-8,12,24H,1-2,5,9-10H2,(H,22,23). The predicted molar refractivity (Wildman–Crippen MR) is 99.6 cm³/mol. The van der Waals surface area contributed by atoms with Gasteiger partial charge in [0.05, 0.1) is 11.9 Å². The van der Waals surface area contributed by atoms with E-state index in [1.807, 2.05) is 11.0 Å². The van der Waals surface area contributed by atoms with Gasteiger partial charge in [0.2, 0.25) is 10.0 Å². The first kappa shape index (κ1) is 18.9. The maximum Gasteiger partial charge on any atom is 0.404 e. The molecule has 1 atom stereocenters. The lowest BCUT2D eigenvalue weighted by Crippen LogP contribution is -2.49. The average Bonchev–Trinajstić information content (AvgIpc) is 3.07. The van der Waals surface area contributed by atoms with Crippen molar-refractivity contribution in [2.24, 2.45) is 0 Å². The molecular formula is C17H18F3N5O2S. The molecule has 1 unspecified atom stereocenters. The number of H-pyrrole nitrogens is 1. The van der Waals surface area contributed by atoms with Crippen LogP contribution in [0.15, 0.2) is 30.9 Å². The van der Waals surface area contributed by atoms with Crippen LogP contribution in [0.5, 0.6) is 0 Å². The van der Waals surface area contributed by atoms with E-state index in [0.29, 0.717) is 19.4 Å². The first-order valence-electron chi connectivity index (χ1n) is 8.73. The molecule has 7 nitrogen and oxygen atoms in total. The Morgan fingerprint density at radius 1 is 1.29 bits per heavy atom. The third kappa shape index (κ3) is 3.90. The molecule has 0 spiro atoms. The van der Waals surface area contributed by atoms with Crippen molar-refractivity contribution < 1.29 is 21.6 Å². The van der Waals surface area contributed by atoms with E-state index in [0.717, 1.165) is 27.5 Å². The van der Waals surface area contributed by atoms with Gasteiger partial charge in [-0.3, -0.25) is 4.98 Å². The van der Waals surface area contributed by atoms with Crippen LogP contribution in [-0.4, -0.2) is 54.4 Å². The summed E-state index contributed by atoms with van der Waals surface area (Å²) in [4.78, 5) is 13.6. The summed E-state index contributed by atoms with van der Waals surface area (Å²) in [6, 6.07) is 1.31. The number of anilines is 1. The Bertz CT molecular complexity index is 1110. The summed E-state index contributed by atoms with van der Waals surface area (Å²) >= 11 is 0. The molecule has 0 amide bonds. The quantitative estimate of drug-likeness (QED) is 0.686. The van der Waals surface area contributed by atoms with Gasteiger partial charge in [0.25, 0.3) is 0 Å². The molecule has 0 saturated carbocycles. The zero-order valence-electron chi connectivity index (χ0n) is 14.7. The smallest absolute Gasteiger partial charge is 0.368 e. The molecule has 2 N–H and O–H groups in total. The molecule has 1 fully saturated rings. The van der Waals surface area contributed by atoms with Crippen molar-refractivity contribution in [3.8, 4) is 0 Å². The summed E-state index contributed by atoms with van der Waals surface area (Å²) in [5.41, 5.74) is 1.53.